The first-order chi connectivity index (χ1) is 8.29. The highest BCUT2D eigenvalue weighted by molar-refractivity contribution is 5.13. The van der Waals surface area contributed by atoms with Crippen molar-refractivity contribution < 1.29 is 4.42 Å². The van der Waals surface area contributed by atoms with Crippen LogP contribution in [0.1, 0.15) is 29.9 Å². The first kappa shape index (κ1) is 10.6. The summed E-state index contributed by atoms with van der Waals surface area (Å²) in [6.45, 7) is 3.60. The lowest BCUT2D eigenvalue weighted by atomic mass is 10.3. The van der Waals surface area contributed by atoms with E-state index in [0.29, 0.717) is 6.54 Å². The Kier molecular flexibility index (Phi) is 2.73. The number of hydrogen-bond acceptors (Lipinski definition) is 3. The molecule has 1 aliphatic carbocycles. The molecular formula is C13H17N3O. The van der Waals surface area contributed by atoms with Gasteiger partial charge in [-0.15, -0.1) is 0 Å². The molecule has 4 nitrogen and oxygen atoms in total. The van der Waals surface area contributed by atoms with Gasteiger partial charge in [0, 0.05) is 24.3 Å². The Morgan fingerprint density at radius 1 is 1.53 bits per heavy atom. The van der Waals surface area contributed by atoms with Crippen molar-refractivity contribution in [2.45, 2.75) is 38.9 Å². The zero-order valence-electron chi connectivity index (χ0n) is 10.0. The van der Waals surface area contributed by atoms with Crippen molar-refractivity contribution in [3.8, 4) is 0 Å². The van der Waals surface area contributed by atoms with Gasteiger partial charge in [0.25, 0.3) is 0 Å². The normalized spacial score (nSPS) is 15.4. The summed E-state index contributed by atoms with van der Waals surface area (Å²) >= 11 is 0. The van der Waals surface area contributed by atoms with Crippen LogP contribution in [0.3, 0.4) is 0 Å². The molecule has 1 saturated carbocycles. The smallest absolute Gasteiger partial charge is 0.125 e. The van der Waals surface area contributed by atoms with Crippen LogP contribution in [0.5, 0.6) is 0 Å². The first-order valence-electron chi connectivity index (χ1n) is 6.09. The predicted octanol–water partition coefficient (Wildman–Crippen LogP) is 2.08. The standard InChI is InChI=1S/C13H17N3O/c1-10-4-5-16(15-10)8-13-6-11(9-17-13)7-14-12-2-3-12/h4-6,9,12,14H,2-3,7-8H2,1H3. The fourth-order valence-electron chi connectivity index (χ4n) is 1.86. The van der Waals surface area contributed by atoms with Gasteiger partial charge in [-0.1, -0.05) is 0 Å². The highest BCUT2D eigenvalue weighted by Gasteiger charge is 2.20. The van der Waals surface area contributed by atoms with Gasteiger partial charge in [0.05, 0.1) is 18.5 Å². The zero-order valence-corrected chi connectivity index (χ0v) is 10.0. The predicted molar refractivity (Wildman–Crippen MR) is 64.6 cm³/mol. The lowest BCUT2D eigenvalue weighted by molar-refractivity contribution is 0.477. The average Bonchev–Trinajstić information content (AvgIpc) is 2.90. The van der Waals surface area contributed by atoms with Gasteiger partial charge in [0.15, 0.2) is 0 Å². The van der Waals surface area contributed by atoms with E-state index in [4.69, 9.17) is 4.42 Å². The molecule has 17 heavy (non-hydrogen) atoms. The molecule has 90 valence electrons. The minimum atomic E-state index is 0.706. The summed E-state index contributed by atoms with van der Waals surface area (Å²) in [6.07, 6.45) is 6.44. The molecule has 1 aliphatic rings. The van der Waals surface area contributed by atoms with Crippen molar-refractivity contribution >= 4 is 0 Å². The monoisotopic (exact) mass is 231 g/mol. The van der Waals surface area contributed by atoms with Crippen molar-refractivity contribution in [1.82, 2.24) is 15.1 Å². The molecule has 0 amide bonds. The largest absolute Gasteiger partial charge is 0.467 e. The van der Waals surface area contributed by atoms with E-state index in [-0.39, 0.29) is 0 Å². The lowest BCUT2D eigenvalue weighted by Crippen LogP contribution is -2.14. The highest BCUT2D eigenvalue weighted by Crippen LogP contribution is 2.19. The quantitative estimate of drug-likeness (QED) is 0.856. The summed E-state index contributed by atoms with van der Waals surface area (Å²) in [7, 11) is 0. The summed E-state index contributed by atoms with van der Waals surface area (Å²) in [4.78, 5) is 0. The number of nitrogens with one attached hydrogen (secondary N) is 1. The van der Waals surface area contributed by atoms with Crippen LogP contribution in [-0.4, -0.2) is 15.8 Å². The minimum absolute atomic E-state index is 0.706. The van der Waals surface area contributed by atoms with E-state index >= 15 is 0 Å². The number of hydrogen-bond donors (Lipinski definition) is 1. The number of aromatic nitrogens is 2. The van der Waals surface area contributed by atoms with Crippen LogP contribution in [0.2, 0.25) is 0 Å². The van der Waals surface area contributed by atoms with E-state index < -0.39 is 0 Å². The van der Waals surface area contributed by atoms with Gasteiger partial charge in [-0.2, -0.15) is 5.10 Å². The SMILES string of the molecule is Cc1ccn(Cc2cc(CNC3CC3)co2)n1. The number of rotatable bonds is 5. The molecule has 0 bridgehead atoms. The molecule has 0 aliphatic heterocycles. The average molecular weight is 231 g/mol. The second kappa shape index (κ2) is 4.37. The fourth-order valence-corrected chi connectivity index (χ4v) is 1.86. The molecule has 2 aromatic heterocycles. The zero-order chi connectivity index (χ0) is 11.7. The fraction of sp³-hybridized carbons (Fsp3) is 0.462. The third-order valence-electron chi connectivity index (χ3n) is 2.97. The number of nitrogens with zero attached hydrogens (tertiary/aromatic N) is 2. The molecule has 4 heteroatoms. The molecule has 1 N–H and O–H groups in total. The number of furan rings is 1. The number of aryl methyl sites for hydroxylation is 1. The van der Waals surface area contributed by atoms with E-state index in [1.165, 1.54) is 18.4 Å². The maximum atomic E-state index is 5.53. The van der Waals surface area contributed by atoms with E-state index in [9.17, 15) is 0 Å². The van der Waals surface area contributed by atoms with Crippen molar-refractivity contribution in [3.63, 3.8) is 0 Å². The van der Waals surface area contributed by atoms with Crippen molar-refractivity contribution in [2.24, 2.45) is 0 Å². The van der Waals surface area contributed by atoms with E-state index in [1.54, 1.807) is 0 Å². The second-order valence-electron chi connectivity index (χ2n) is 4.73. The summed E-state index contributed by atoms with van der Waals surface area (Å²) in [5, 5.41) is 7.81. The Morgan fingerprint density at radius 3 is 3.12 bits per heavy atom. The Bertz CT molecular complexity index is 496. The van der Waals surface area contributed by atoms with Crippen LogP contribution in [0.25, 0.3) is 0 Å². The van der Waals surface area contributed by atoms with Gasteiger partial charge in [-0.05, 0) is 31.9 Å². The van der Waals surface area contributed by atoms with Gasteiger partial charge in [-0.3, -0.25) is 4.68 Å². The Labute approximate surface area is 101 Å². The molecule has 2 aromatic rings. The molecule has 0 atom stereocenters. The van der Waals surface area contributed by atoms with Crippen molar-refractivity contribution in [3.05, 3.63) is 41.6 Å². The maximum Gasteiger partial charge on any atom is 0.125 e. The lowest BCUT2D eigenvalue weighted by Gasteiger charge is -1.97. The van der Waals surface area contributed by atoms with Crippen LogP contribution in [0.15, 0.2) is 29.0 Å². The van der Waals surface area contributed by atoms with Gasteiger partial charge < -0.3 is 9.73 Å². The van der Waals surface area contributed by atoms with Crippen molar-refractivity contribution in [1.29, 1.82) is 0 Å². The topological polar surface area (TPSA) is 43.0 Å². The summed E-state index contributed by atoms with van der Waals surface area (Å²) in [5.74, 6) is 0.959. The molecular weight excluding hydrogens is 214 g/mol. The summed E-state index contributed by atoms with van der Waals surface area (Å²) in [5.41, 5.74) is 2.25. The van der Waals surface area contributed by atoms with Crippen LogP contribution in [0.4, 0.5) is 0 Å². The molecule has 0 unspecified atom stereocenters. The minimum Gasteiger partial charge on any atom is -0.467 e. The first-order valence-corrected chi connectivity index (χ1v) is 6.09. The third-order valence-corrected chi connectivity index (χ3v) is 2.97. The van der Waals surface area contributed by atoms with Gasteiger partial charge in [-0.25, -0.2) is 0 Å². The molecule has 0 spiro atoms. The molecule has 0 saturated heterocycles. The Morgan fingerprint density at radius 2 is 2.41 bits per heavy atom. The Hall–Kier alpha value is -1.55. The maximum absolute atomic E-state index is 5.53. The van der Waals surface area contributed by atoms with Gasteiger partial charge in [0.1, 0.15) is 5.76 Å². The van der Waals surface area contributed by atoms with Crippen molar-refractivity contribution in [2.75, 3.05) is 0 Å². The van der Waals surface area contributed by atoms with Crippen LogP contribution >= 0.6 is 0 Å². The summed E-state index contributed by atoms with van der Waals surface area (Å²) < 4.78 is 7.42. The molecule has 1 fully saturated rings. The molecule has 3 rings (SSSR count). The van der Waals surface area contributed by atoms with Crippen LogP contribution in [-0.2, 0) is 13.1 Å². The molecule has 0 radical (unpaired) electrons. The van der Waals surface area contributed by atoms with E-state index in [0.717, 1.165) is 24.0 Å². The van der Waals surface area contributed by atoms with E-state index in [2.05, 4.69) is 16.5 Å². The Balaban J connectivity index is 1.59. The van der Waals surface area contributed by atoms with Gasteiger partial charge in [0.2, 0.25) is 0 Å². The van der Waals surface area contributed by atoms with E-state index in [1.807, 2.05) is 30.1 Å². The van der Waals surface area contributed by atoms with Crippen LogP contribution < -0.4 is 5.32 Å². The van der Waals surface area contributed by atoms with Gasteiger partial charge >= 0.3 is 0 Å². The summed E-state index contributed by atoms with van der Waals surface area (Å²) in [6, 6.07) is 4.84. The third kappa shape index (κ3) is 2.77. The highest BCUT2D eigenvalue weighted by atomic mass is 16.3. The molecule has 2 heterocycles. The van der Waals surface area contributed by atoms with Crippen LogP contribution in [0, 0.1) is 6.92 Å². The second-order valence-corrected chi connectivity index (χ2v) is 4.73. The molecule has 0 aromatic carbocycles.